The van der Waals surface area contributed by atoms with Crippen molar-refractivity contribution >= 4 is 17.7 Å². The monoisotopic (exact) mass is 192 g/mol. The van der Waals surface area contributed by atoms with Gasteiger partial charge in [-0.05, 0) is 24.8 Å². The molecule has 0 spiro atoms. The molecule has 0 bridgehead atoms. The van der Waals surface area contributed by atoms with Gasteiger partial charge in [0.15, 0.2) is 0 Å². The Morgan fingerprint density at radius 3 is 2.62 bits per heavy atom. The van der Waals surface area contributed by atoms with E-state index in [1.807, 2.05) is 6.07 Å². The molecular weight excluding hydrogens is 178 g/mol. The van der Waals surface area contributed by atoms with Gasteiger partial charge in [0.05, 0.1) is 0 Å². The summed E-state index contributed by atoms with van der Waals surface area (Å²) in [6.45, 7) is 0.941. The number of rotatable bonds is 6. The Labute approximate surface area is 85.2 Å². The Morgan fingerprint density at radius 1 is 1.15 bits per heavy atom. The maximum atomic E-state index is 4.53. The summed E-state index contributed by atoms with van der Waals surface area (Å²) in [6.07, 6.45) is 3.51. The van der Waals surface area contributed by atoms with Crippen molar-refractivity contribution < 1.29 is 0 Å². The molecule has 1 radical (unpaired) electrons. The van der Waals surface area contributed by atoms with Gasteiger partial charge in [-0.2, -0.15) is 0 Å². The largest absolute Gasteiger partial charge is 0.374 e. The lowest BCUT2D eigenvalue weighted by atomic mass is 10.1. The van der Waals surface area contributed by atoms with Crippen molar-refractivity contribution in [1.82, 2.24) is 5.32 Å². The molecule has 1 nitrogen and oxygen atoms in total. The summed E-state index contributed by atoms with van der Waals surface area (Å²) in [5, 5.41) is 2.90. The van der Waals surface area contributed by atoms with E-state index in [4.69, 9.17) is 0 Å². The standard InChI is InChI=1S/C11H14NS/c13-10-12-9-5-4-8-11-6-2-1-3-7-11/h1-3,6-7H,4-5,8-9H2,(H,12,13). The molecule has 0 aliphatic heterocycles. The van der Waals surface area contributed by atoms with Crippen LogP contribution in [0.5, 0.6) is 0 Å². The average molecular weight is 192 g/mol. The number of hydrogen-bond donors (Lipinski definition) is 1. The van der Waals surface area contributed by atoms with E-state index in [-0.39, 0.29) is 0 Å². The molecule has 0 aromatic heterocycles. The minimum Gasteiger partial charge on any atom is -0.374 e. The molecule has 0 fully saturated rings. The van der Waals surface area contributed by atoms with Gasteiger partial charge < -0.3 is 5.32 Å². The first-order valence-electron chi connectivity index (χ1n) is 4.57. The predicted octanol–water partition coefficient (Wildman–Crippen LogP) is 2.43. The van der Waals surface area contributed by atoms with Gasteiger partial charge in [-0.25, -0.2) is 0 Å². The summed E-state index contributed by atoms with van der Waals surface area (Å²) in [5.74, 6) is 0. The topological polar surface area (TPSA) is 12.0 Å². The highest BCUT2D eigenvalue weighted by atomic mass is 32.1. The molecule has 0 aliphatic rings. The normalized spacial score (nSPS) is 9.54. The summed E-state index contributed by atoms with van der Waals surface area (Å²) in [4.78, 5) is 0. The van der Waals surface area contributed by atoms with Crippen LogP contribution in [-0.4, -0.2) is 12.0 Å². The van der Waals surface area contributed by atoms with Gasteiger partial charge in [0, 0.05) is 6.54 Å². The first kappa shape index (κ1) is 10.2. The second kappa shape index (κ2) is 6.61. The number of aryl methyl sites for hydroxylation is 1. The van der Waals surface area contributed by atoms with Crippen LogP contribution in [0.3, 0.4) is 0 Å². The number of thiocarbonyl (C=S) groups is 1. The average Bonchev–Trinajstić information content (AvgIpc) is 2.19. The number of hydrogen-bond acceptors (Lipinski definition) is 1. The van der Waals surface area contributed by atoms with Crippen molar-refractivity contribution in [2.24, 2.45) is 0 Å². The maximum absolute atomic E-state index is 4.53. The second-order valence-corrected chi connectivity index (χ2v) is 3.18. The molecule has 13 heavy (non-hydrogen) atoms. The Morgan fingerprint density at radius 2 is 1.92 bits per heavy atom. The van der Waals surface area contributed by atoms with E-state index in [1.165, 1.54) is 12.0 Å². The quantitative estimate of drug-likeness (QED) is 0.422. The number of benzene rings is 1. The van der Waals surface area contributed by atoms with Gasteiger partial charge in [-0.3, -0.25) is 0 Å². The van der Waals surface area contributed by atoms with Crippen molar-refractivity contribution in [3.63, 3.8) is 0 Å². The van der Waals surface area contributed by atoms with E-state index in [0.29, 0.717) is 0 Å². The van der Waals surface area contributed by atoms with Crippen molar-refractivity contribution in [3.05, 3.63) is 35.9 Å². The van der Waals surface area contributed by atoms with Crippen molar-refractivity contribution in [2.45, 2.75) is 19.3 Å². The summed E-state index contributed by atoms with van der Waals surface area (Å²) < 4.78 is 0. The highest BCUT2D eigenvalue weighted by Crippen LogP contribution is 2.03. The molecule has 1 aromatic carbocycles. The lowest BCUT2D eigenvalue weighted by Crippen LogP contribution is -2.10. The van der Waals surface area contributed by atoms with Gasteiger partial charge in [0.2, 0.25) is 0 Å². The Balaban J connectivity index is 2.10. The maximum Gasteiger partial charge on any atom is 0.134 e. The molecule has 0 aliphatic carbocycles. The smallest absolute Gasteiger partial charge is 0.134 e. The highest BCUT2D eigenvalue weighted by molar-refractivity contribution is 7.78. The molecule has 1 rings (SSSR count). The van der Waals surface area contributed by atoms with E-state index >= 15 is 0 Å². The third-order valence-electron chi connectivity index (χ3n) is 1.93. The molecule has 0 atom stereocenters. The van der Waals surface area contributed by atoms with Crippen LogP contribution in [0, 0.1) is 0 Å². The molecule has 0 saturated heterocycles. The number of nitrogens with one attached hydrogen (secondary N) is 1. The zero-order chi connectivity index (χ0) is 9.36. The van der Waals surface area contributed by atoms with Crippen molar-refractivity contribution in [2.75, 3.05) is 6.54 Å². The lowest BCUT2D eigenvalue weighted by Gasteiger charge is -2.00. The van der Waals surface area contributed by atoms with Crippen molar-refractivity contribution in [1.29, 1.82) is 0 Å². The third kappa shape index (κ3) is 4.63. The molecule has 2 heteroatoms. The summed E-state index contributed by atoms with van der Waals surface area (Å²) in [6, 6.07) is 10.5. The fourth-order valence-electron chi connectivity index (χ4n) is 1.24. The summed E-state index contributed by atoms with van der Waals surface area (Å²) in [5.41, 5.74) is 3.91. The zero-order valence-corrected chi connectivity index (χ0v) is 8.44. The van der Waals surface area contributed by atoms with Crippen LogP contribution in [-0.2, 0) is 6.42 Å². The van der Waals surface area contributed by atoms with E-state index in [0.717, 1.165) is 19.4 Å². The van der Waals surface area contributed by atoms with E-state index in [1.54, 1.807) is 0 Å². The second-order valence-electron chi connectivity index (χ2n) is 2.97. The van der Waals surface area contributed by atoms with E-state index in [2.05, 4.69) is 47.3 Å². The van der Waals surface area contributed by atoms with Gasteiger partial charge in [-0.1, -0.05) is 42.5 Å². The van der Waals surface area contributed by atoms with E-state index in [9.17, 15) is 0 Å². The van der Waals surface area contributed by atoms with Crippen LogP contribution >= 0.6 is 12.2 Å². The first-order chi connectivity index (χ1) is 6.43. The molecular formula is C11H14NS. The Hall–Kier alpha value is -0.890. The SMILES string of the molecule is S=[C]NCCCCc1ccccc1. The fourth-order valence-corrected chi connectivity index (χ4v) is 1.34. The van der Waals surface area contributed by atoms with Crippen LogP contribution in [0.4, 0.5) is 0 Å². The van der Waals surface area contributed by atoms with Gasteiger partial charge in [0.25, 0.3) is 0 Å². The third-order valence-corrected chi connectivity index (χ3v) is 2.08. The van der Waals surface area contributed by atoms with Crippen LogP contribution < -0.4 is 5.32 Å². The fraction of sp³-hybridized carbons (Fsp3) is 0.364. The lowest BCUT2D eigenvalue weighted by molar-refractivity contribution is 0.715. The Kier molecular flexibility index (Phi) is 5.18. The summed E-state index contributed by atoms with van der Waals surface area (Å²) >= 11 is 4.53. The molecule has 0 amide bonds. The molecule has 69 valence electrons. The van der Waals surface area contributed by atoms with Crippen molar-refractivity contribution in [3.8, 4) is 0 Å². The van der Waals surface area contributed by atoms with Crippen LogP contribution in [0.1, 0.15) is 18.4 Å². The van der Waals surface area contributed by atoms with Crippen LogP contribution in [0.25, 0.3) is 0 Å². The molecule has 0 saturated carbocycles. The summed E-state index contributed by atoms with van der Waals surface area (Å²) in [7, 11) is 0. The molecule has 0 heterocycles. The minimum absolute atomic E-state index is 0.941. The minimum atomic E-state index is 0.941. The van der Waals surface area contributed by atoms with Crippen LogP contribution in [0.15, 0.2) is 30.3 Å². The zero-order valence-electron chi connectivity index (χ0n) is 7.62. The predicted molar refractivity (Wildman–Crippen MR) is 60.0 cm³/mol. The first-order valence-corrected chi connectivity index (χ1v) is 4.98. The van der Waals surface area contributed by atoms with E-state index < -0.39 is 0 Å². The van der Waals surface area contributed by atoms with Crippen LogP contribution in [0.2, 0.25) is 0 Å². The Bertz CT molecular complexity index is 233. The molecule has 0 unspecified atom stereocenters. The van der Waals surface area contributed by atoms with Gasteiger partial charge >= 0.3 is 0 Å². The van der Waals surface area contributed by atoms with Gasteiger partial charge in [0.1, 0.15) is 5.49 Å². The molecule has 1 N–H and O–H groups in total. The van der Waals surface area contributed by atoms with Gasteiger partial charge in [-0.15, -0.1) is 0 Å². The number of unbranched alkanes of at least 4 members (excludes halogenated alkanes) is 1. The molecule has 1 aromatic rings. The highest BCUT2D eigenvalue weighted by Gasteiger charge is 1.90.